The summed E-state index contributed by atoms with van der Waals surface area (Å²) in [5.74, 6) is 1.07. The van der Waals surface area contributed by atoms with Crippen LogP contribution in [0, 0.1) is 6.92 Å². The first-order valence-corrected chi connectivity index (χ1v) is 12.0. The van der Waals surface area contributed by atoms with Crippen molar-refractivity contribution in [1.29, 1.82) is 0 Å². The lowest BCUT2D eigenvalue weighted by molar-refractivity contribution is 0.0736. The summed E-state index contributed by atoms with van der Waals surface area (Å²) in [6.07, 6.45) is 0.793. The Bertz CT molecular complexity index is 1250. The van der Waals surface area contributed by atoms with E-state index in [4.69, 9.17) is 14.0 Å². The third-order valence-corrected chi connectivity index (χ3v) is 6.08. The number of amides is 2. The van der Waals surface area contributed by atoms with Gasteiger partial charge in [-0.2, -0.15) is 4.98 Å². The molecule has 190 valence electrons. The number of carbonyl (C=O) groups is 1. The first-order chi connectivity index (χ1) is 17.3. The summed E-state index contributed by atoms with van der Waals surface area (Å²) in [5.41, 5.74) is 3.98. The maximum atomic E-state index is 13.1. The van der Waals surface area contributed by atoms with E-state index in [9.17, 15) is 9.90 Å². The average Bonchev–Trinajstić information content (AvgIpc) is 3.33. The van der Waals surface area contributed by atoms with Crippen LogP contribution in [0.2, 0.25) is 0 Å². The van der Waals surface area contributed by atoms with Gasteiger partial charge in [0.1, 0.15) is 0 Å². The number of aromatic nitrogens is 2. The van der Waals surface area contributed by atoms with E-state index in [0.717, 1.165) is 11.1 Å². The van der Waals surface area contributed by atoms with Gasteiger partial charge in [-0.25, -0.2) is 4.79 Å². The fourth-order valence-electron chi connectivity index (χ4n) is 4.16. The van der Waals surface area contributed by atoms with Crippen molar-refractivity contribution < 1.29 is 23.9 Å². The fourth-order valence-corrected chi connectivity index (χ4v) is 4.16. The maximum Gasteiger partial charge on any atom is 0.322 e. The Labute approximate surface area is 210 Å². The van der Waals surface area contributed by atoms with Gasteiger partial charge in [0.25, 0.3) is 5.89 Å². The van der Waals surface area contributed by atoms with Gasteiger partial charge in [-0.1, -0.05) is 41.1 Å². The van der Waals surface area contributed by atoms with Crippen LogP contribution < -0.4 is 10.1 Å². The van der Waals surface area contributed by atoms with Gasteiger partial charge in [0, 0.05) is 24.4 Å². The highest BCUT2D eigenvalue weighted by atomic mass is 16.5. The molecule has 1 aliphatic heterocycles. The lowest BCUT2D eigenvalue weighted by Crippen LogP contribution is -2.46. The summed E-state index contributed by atoms with van der Waals surface area (Å²) in [5, 5.41) is 17.6. The van der Waals surface area contributed by atoms with Crippen LogP contribution in [0.3, 0.4) is 0 Å². The van der Waals surface area contributed by atoms with Gasteiger partial charge in [-0.05, 0) is 51.8 Å². The van der Waals surface area contributed by atoms with E-state index in [2.05, 4.69) is 15.5 Å². The highest BCUT2D eigenvalue weighted by Gasteiger charge is 2.36. The molecule has 0 spiro atoms. The van der Waals surface area contributed by atoms with Gasteiger partial charge < -0.3 is 24.4 Å². The van der Waals surface area contributed by atoms with E-state index in [1.165, 1.54) is 7.11 Å². The normalized spacial score (nSPS) is 16.0. The third-order valence-electron chi connectivity index (χ3n) is 6.08. The van der Waals surface area contributed by atoms with E-state index in [1.54, 1.807) is 23.1 Å². The smallest absolute Gasteiger partial charge is 0.322 e. The molecular weight excluding hydrogens is 460 g/mol. The number of benzene rings is 2. The van der Waals surface area contributed by atoms with Crippen LogP contribution in [0.25, 0.3) is 17.0 Å². The lowest BCUT2D eigenvalue weighted by atomic mass is 9.94. The molecule has 0 saturated heterocycles. The number of aromatic hydroxyl groups is 1. The Balaban J connectivity index is 1.73. The quantitative estimate of drug-likeness (QED) is 0.401. The number of aryl methyl sites for hydroxylation is 1. The van der Waals surface area contributed by atoms with Gasteiger partial charge in [-0.15, -0.1) is 0 Å². The molecule has 2 amide bonds. The molecule has 0 saturated carbocycles. The van der Waals surface area contributed by atoms with Crippen molar-refractivity contribution in [2.45, 2.75) is 46.3 Å². The van der Waals surface area contributed by atoms with Crippen molar-refractivity contribution in [3.63, 3.8) is 0 Å². The number of nitrogens with one attached hydrogen (secondary N) is 1. The molecule has 3 aromatic rings. The Morgan fingerprint density at radius 3 is 2.58 bits per heavy atom. The molecule has 2 N–H and O–H groups in total. The van der Waals surface area contributed by atoms with E-state index in [0.29, 0.717) is 53.9 Å². The minimum Gasteiger partial charge on any atom is -0.504 e. The molecule has 1 unspecified atom stereocenters. The summed E-state index contributed by atoms with van der Waals surface area (Å²) in [4.78, 5) is 19.5. The Morgan fingerprint density at radius 2 is 1.92 bits per heavy atom. The van der Waals surface area contributed by atoms with Crippen LogP contribution in [-0.2, 0) is 4.74 Å². The summed E-state index contributed by atoms with van der Waals surface area (Å²) in [6, 6.07) is 12.0. The average molecular weight is 493 g/mol. The van der Waals surface area contributed by atoms with E-state index >= 15 is 0 Å². The number of allylic oxidation sites excluding steroid dienone is 1. The molecule has 4 rings (SSSR count). The van der Waals surface area contributed by atoms with Gasteiger partial charge in [0.05, 0.1) is 24.8 Å². The van der Waals surface area contributed by atoms with Crippen LogP contribution in [0.5, 0.6) is 11.5 Å². The van der Waals surface area contributed by atoms with Crippen molar-refractivity contribution in [2.24, 2.45) is 0 Å². The Hall–Kier alpha value is -3.85. The molecule has 1 atom stereocenters. The van der Waals surface area contributed by atoms with Crippen molar-refractivity contribution in [3.05, 3.63) is 65.2 Å². The second kappa shape index (κ2) is 10.8. The van der Waals surface area contributed by atoms with E-state index in [1.807, 2.05) is 52.0 Å². The molecule has 2 aromatic carbocycles. The van der Waals surface area contributed by atoms with Crippen LogP contribution >= 0.6 is 0 Å². The summed E-state index contributed by atoms with van der Waals surface area (Å²) in [7, 11) is 1.48. The number of phenolic OH excluding ortho intramolecular Hbond substituents is 1. The fraction of sp³-hybridized carbons (Fsp3) is 0.370. The third kappa shape index (κ3) is 5.36. The van der Waals surface area contributed by atoms with Gasteiger partial charge in [-0.3, -0.25) is 4.90 Å². The zero-order valence-electron chi connectivity index (χ0n) is 21.2. The van der Waals surface area contributed by atoms with Gasteiger partial charge >= 0.3 is 6.03 Å². The predicted octanol–water partition coefficient (Wildman–Crippen LogP) is 5.07. The molecule has 2 heterocycles. The van der Waals surface area contributed by atoms with Crippen LogP contribution in [0.4, 0.5) is 4.79 Å². The largest absolute Gasteiger partial charge is 0.504 e. The van der Waals surface area contributed by atoms with Crippen molar-refractivity contribution in [1.82, 2.24) is 20.4 Å². The number of methoxy groups -OCH3 is 1. The van der Waals surface area contributed by atoms with Crippen molar-refractivity contribution in [2.75, 3.05) is 20.3 Å². The lowest BCUT2D eigenvalue weighted by Gasteiger charge is -2.35. The predicted molar refractivity (Wildman–Crippen MR) is 135 cm³/mol. The second-order valence-corrected chi connectivity index (χ2v) is 9.03. The number of rotatable bonds is 9. The highest BCUT2D eigenvalue weighted by molar-refractivity contribution is 5.87. The zero-order chi connectivity index (χ0) is 25.8. The summed E-state index contributed by atoms with van der Waals surface area (Å²) >= 11 is 0. The first kappa shape index (κ1) is 25.2. The van der Waals surface area contributed by atoms with Crippen molar-refractivity contribution >= 4 is 11.6 Å². The monoisotopic (exact) mass is 492 g/mol. The molecule has 0 aliphatic carbocycles. The molecule has 0 radical (unpaired) electrons. The molecule has 36 heavy (non-hydrogen) atoms. The number of ether oxygens (including phenoxy) is 2. The second-order valence-electron chi connectivity index (χ2n) is 9.03. The standard InChI is InChI=1S/C27H32N4O5/c1-16(2)35-14-6-13-31-18(4)23(26-29-25(30-36-26)19-9-7-17(3)8-10-19)24(28-27(31)33)20-11-12-22(34-5)21(32)15-20/h7-12,15-16,24,32H,6,13-14H2,1-5H3,(H,28,33). The molecular formula is C27H32N4O5. The van der Waals surface area contributed by atoms with Gasteiger partial charge in [0.2, 0.25) is 5.82 Å². The summed E-state index contributed by atoms with van der Waals surface area (Å²) in [6.45, 7) is 8.84. The molecule has 0 bridgehead atoms. The number of phenols is 1. The van der Waals surface area contributed by atoms with E-state index < -0.39 is 6.04 Å². The number of hydrogen-bond acceptors (Lipinski definition) is 7. The maximum absolute atomic E-state index is 13.1. The molecule has 9 nitrogen and oxygen atoms in total. The van der Waals surface area contributed by atoms with E-state index in [-0.39, 0.29) is 17.9 Å². The van der Waals surface area contributed by atoms with Crippen LogP contribution in [-0.4, -0.2) is 52.5 Å². The highest BCUT2D eigenvalue weighted by Crippen LogP contribution is 2.39. The number of nitrogens with zero attached hydrogens (tertiary/aromatic N) is 3. The molecule has 9 heteroatoms. The minimum atomic E-state index is -0.608. The molecule has 1 aromatic heterocycles. The SMILES string of the molecule is COc1ccc(C2NC(=O)N(CCCOC(C)C)C(C)=C2c2nc(-c3ccc(C)cc3)no2)cc1O. The number of hydrogen-bond donors (Lipinski definition) is 2. The Kier molecular flexibility index (Phi) is 7.59. The number of urea groups is 1. The minimum absolute atomic E-state index is 0.0274. The summed E-state index contributed by atoms with van der Waals surface area (Å²) < 4.78 is 16.5. The number of carbonyl (C=O) groups excluding carboxylic acids is 1. The zero-order valence-corrected chi connectivity index (χ0v) is 21.2. The molecule has 1 aliphatic rings. The van der Waals surface area contributed by atoms with Crippen molar-refractivity contribution in [3.8, 4) is 22.9 Å². The van der Waals surface area contributed by atoms with Gasteiger partial charge in [0.15, 0.2) is 11.5 Å². The topological polar surface area (TPSA) is 110 Å². The van der Waals surface area contributed by atoms with Crippen LogP contribution in [0.1, 0.15) is 50.3 Å². The Morgan fingerprint density at radius 1 is 1.17 bits per heavy atom. The van der Waals surface area contributed by atoms with Crippen LogP contribution in [0.15, 0.2) is 52.7 Å². The molecule has 0 fully saturated rings. The first-order valence-electron chi connectivity index (χ1n) is 12.0.